The van der Waals surface area contributed by atoms with E-state index in [1.807, 2.05) is 25.3 Å². The first kappa shape index (κ1) is 19.8. The molecule has 1 aromatic heterocycles. The molecule has 1 saturated heterocycles. The molecule has 2 amide bonds. The number of aliphatic imine (C=N–C) groups is 1. The van der Waals surface area contributed by atoms with E-state index in [2.05, 4.69) is 15.2 Å². The summed E-state index contributed by atoms with van der Waals surface area (Å²) >= 11 is 1.81. The van der Waals surface area contributed by atoms with E-state index in [0.717, 1.165) is 30.4 Å². The van der Waals surface area contributed by atoms with Gasteiger partial charge in [-0.2, -0.15) is 0 Å². The number of imide groups is 1. The number of carbonyl (C=O) groups is 2. The highest BCUT2D eigenvalue weighted by atomic mass is 32.1. The number of likely N-dealkylation sites (tertiary alicyclic amines) is 1. The molecule has 0 atom stereocenters. The Morgan fingerprint density at radius 2 is 1.93 bits per heavy atom. The lowest BCUT2D eigenvalue weighted by Gasteiger charge is -2.25. The molecule has 1 fully saturated rings. The number of rotatable bonds is 6. The van der Waals surface area contributed by atoms with Gasteiger partial charge in [-0.05, 0) is 39.0 Å². The molecule has 0 spiro atoms. The van der Waals surface area contributed by atoms with E-state index in [9.17, 15) is 9.59 Å². The van der Waals surface area contributed by atoms with E-state index >= 15 is 0 Å². The summed E-state index contributed by atoms with van der Waals surface area (Å²) in [5.74, 6) is 0.629. The molecule has 1 aromatic rings. The third-order valence-electron chi connectivity index (χ3n) is 4.93. The third kappa shape index (κ3) is 5.06. The first-order valence-electron chi connectivity index (χ1n) is 9.88. The summed E-state index contributed by atoms with van der Waals surface area (Å²) in [7, 11) is 2.00. The number of amides is 2. The van der Waals surface area contributed by atoms with Crippen molar-refractivity contribution in [3.8, 4) is 0 Å². The van der Waals surface area contributed by atoms with Crippen LogP contribution in [0.5, 0.6) is 0 Å². The van der Waals surface area contributed by atoms with E-state index in [-0.39, 0.29) is 11.8 Å². The number of fused-ring (bicyclic) bond motifs is 1. The van der Waals surface area contributed by atoms with Gasteiger partial charge >= 0.3 is 0 Å². The first-order valence-corrected chi connectivity index (χ1v) is 10.7. The summed E-state index contributed by atoms with van der Waals surface area (Å²) in [6.07, 6.45) is 6.35. The molecule has 3 rings (SSSR count). The van der Waals surface area contributed by atoms with E-state index in [1.165, 1.54) is 28.3 Å². The lowest BCUT2D eigenvalue weighted by Crippen LogP contribution is -2.42. The monoisotopic (exact) mass is 391 g/mol. The van der Waals surface area contributed by atoms with Gasteiger partial charge in [-0.1, -0.05) is 0 Å². The minimum atomic E-state index is -0.0758. The summed E-state index contributed by atoms with van der Waals surface area (Å²) in [5.41, 5.74) is 1.28. The number of carbonyl (C=O) groups excluding carboxylic acids is 2. The van der Waals surface area contributed by atoms with Gasteiger partial charge in [0.25, 0.3) is 0 Å². The number of hydrogen-bond donors (Lipinski definition) is 1. The smallest absolute Gasteiger partial charge is 0.229 e. The summed E-state index contributed by atoms with van der Waals surface area (Å²) < 4.78 is 0. The van der Waals surface area contributed by atoms with E-state index in [4.69, 9.17) is 4.98 Å². The van der Waals surface area contributed by atoms with E-state index < -0.39 is 0 Å². The van der Waals surface area contributed by atoms with Crippen LogP contribution in [-0.2, 0) is 29.0 Å². The van der Waals surface area contributed by atoms with Gasteiger partial charge in [-0.25, -0.2) is 4.98 Å². The quantitative estimate of drug-likeness (QED) is 0.456. The summed E-state index contributed by atoms with van der Waals surface area (Å²) in [5, 5.41) is 4.41. The molecule has 27 heavy (non-hydrogen) atoms. The molecule has 1 aliphatic carbocycles. The highest BCUT2D eigenvalue weighted by Crippen LogP contribution is 2.27. The topological polar surface area (TPSA) is 77.9 Å². The molecule has 0 radical (unpaired) electrons. The van der Waals surface area contributed by atoms with Gasteiger partial charge in [0, 0.05) is 37.9 Å². The van der Waals surface area contributed by atoms with Gasteiger partial charge in [0.05, 0.1) is 18.8 Å². The molecule has 8 heteroatoms. The van der Waals surface area contributed by atoms with Crippen molar-refractivity contribution in [3.63, 3.8) is 0 Å². The van der Waals surface area contributed by atoms with Crippen molar-refractivity contribution in [1.29, 1.82) is 0 Å². The molecule has 7 nitrogen and oxygen atoms in total. The lowest BCUT2D eigenvalue weighted by molar-refractivity contribution is -0.147. The largest absolute Gasteiger partial charge is 0.357 e. The number of guanidine groups is 1. The second-order valence-electron chi connectivity index (χ2n) is 7.07. The van der Waals surface area contributed by atoms with Gasteiger partial charge < -0.3 is 10.2 Å². The van der Waals surface area contributed by atoms with Crippen LogP contribution in [0.1, 0.15) is 54.6 Å². The molecule has 148 valence electrons. The van der Waals surface area contributed by atoms with Crippen molar-refractivity contribution in [2.24, 2.45) is 4.99 Å². The Labute approximate surface area is 164 Å². The Bertz CT molecular complexity index is 675. The maximum absolute atomic E-state index is 11.9. The number of aryl methyl sites for hydroxylation is 2. The van der Waals surface area contributed by atoms with E-state index in [1.54, 1.807) is 0 Å². The number of hydrogen-bond acceptors (Lipinski definition) is 5. The van der Waals surface area contributed by atoms with Crippen molar-refractivity contribution in [1.82, 2.24) is 20.1 Å². The van der Waals surface area contributed by atoms with Gasteiger partial charge in [-0.3, -0.25) is 19.5 Å². The zero-order valence-electron chi connectivity index (χ0n) is 16.3. The summed E-state index contributed by atoms with van der Waals surface area (Å²) in [6, 6.07) is 0. The zero-order valence-corrected chi connectivity index (χ0v) is 17.1. The second-order valence-corrected chi connectivity index (χ2v) is 8.24. The van der Waals surface area contributed by atoms with Crippen molar-refractivity contribution in [2.45, 2.75) is 58.4 Å². The number of nitrogens with one attached hydrogen (secondary N) is 1. The van der Waals surface area contributed by atoms with Crippen LogP contribution in [0.3, 0.4) is 0 Å². The number of thiazole rings is 1. The molecule has 0 unspecified atom stereocenters. The Morgan fingerprint density at radius 1 is 1.19 bits per heavy atom. The Morgan fingerprint density at radius 3 is 2.63 bits per heavy atom. The van der Waals surface area contributed by atoms with Crippen LogP contribution < -0.4 is 5.32 Å². The predicted molar refractivity (Wildman–Crippen MR) is 107 cm³/mol. The molecule has 0 saturated carbocycles. The van der Waals surface area contributed by atoms with Gasteiger partial charge in [0.2, 0.25) is 11.8 Å². The summed E-state index contributed by atoms with van der Waals surface area (Å²) in [4.78, 5) is 38.1. The predicted octanol–water partition coefficient (Wildman–Crippen LogP) is 1.96. The second kappa shape index (κ2) is 9.30. The SMILES string of the molecule is CCNC(=NCCN1C(=O)CCCC1=O)N(C)Cc1nc2c(s1)CCCC2. The first-order chi connectivity index (χ1) is 13.1. The van der Waals surface area contributed by atoms with E-state index in [0.29, 0.717) is 38.9 Å². The molecule has 0 aromatic carbocycles. The molecular formula is C19H29N5O2S. The summed E-state index contributed by atoms with van der Waals surface area (Å²) in [6.45, 7) is 4.28. The number of piperidine rings is 1. The van der Waals surface area contributed by atoms with Crippen molar-refractivity contribution >= 4 is 29.1 Å². The minimum absolute atomic E-state index is 0.0758. The fraction of sp³-hybridized carbons (Fsp3) is 0.684. The van der Waals surface area contributed by atoms with Crippen molar-refractivity contribution in [3.05, 3.63) is 15.6 Å². The maximum atomic E-state index is 11.9. The van der Waals surface area contributed by atoms with Crippen molar-refractivity contribution < 1.29 is 9.59 Å². The van der Waals surface area contributed by atoms with Crippen LogP contribution in [-0.4, -0.2) is 59.2 Å². The van der Waals surface area contributed by atoms with Crippen LogP contribution >= 0.6 is 11.3 Å². The van der Waals surface area contributed by atoms with Gasteiger partial charge in [0.15, 0.2) is 5.96 Å². The van der Waals surface area contributed by atoms with Crippen molar-refractivity contribution in [2.75, 3.05) is 26.7 Å². The molecule has 1 aliphatic heterocycles. The van der Waals surface area contributed by atoms with Gasteiger partial charge in [0.1, 0.15) is 5.01 Å². The number of aromatic nitrogens is 1. The molecule has 0 bridgehead atoms. The Balaban J connectivity index is 1.59. The zero-order chi connectivity index (χ0) is 19.2. The Hall–Kier alpha value is -1.96. The van der Waals surface area contributed by atoms with Crippen LogP contribution in [0, 0.1) is 0 Å². The van der Waals surface area contributed by atoms with Gasteiger partial charge in [-0.15, -0.1) is 11.3 Å². The molecule has 1 N–H and O–H groups in total. The highest BCUT2D eigenvalue weighted by Gasteiger charge is 2.25. The lowest BCUT2D eigenvalue weighted by atomic mass is 10.0. The third-order valence-corrected chi connectivity index (χ3v) is 6.07. The minimum Gasteiger partial charge on any atom is -0.357 e. The van der Waals surface area contributed by atoms with Crippen LogP contribution in [0.2, 0.25) is 0 Å². The maximum Gasteiger partial charge on any atom is 0.229 e. The average Bonchev–Trinajstić information content (AvgIpc) is 3.05. The molecule has 2 heterocycles. The molecule has 2 aliphatic rings. The van der Waals surface area contributed by atoms with Crippen LogP contribution in [0.15, 0.2) is 4.99 Å². The normalized spacial score (nSPS) is 17.9. The molecular weight excluding hydrogens is 362 g/mol. The highest BCUT2D eigenvalue weighted by molar-refractivity contribution is 7.11. The van der Waals surface area contributed by atoms with Crippen LogP contribution in [0.25, 0.3) is 0 Å². The standard InChI is InChI=1S/C19H29N5O2S/c1-3-20-19(21-11-12-24-17(25)9-6-10-18(24)26)23(2)13-16-22-14-7-4-5-8-15(14)27-16/h3-13H2,1-2H3,(H,20,21). The Kier molecular flexibility index (Phi) is 6.82. The number of nitrogens with zero attached hydrogens (tertiary/aromatic N) is 4. The fourth-order valence-electron chi connectivity index (χ4n) is 3.53. The van der Waals surface area contributed by atoms with Crippen LogP contribution in [0.4, 0.5) is 0 Å². The average molecular weight is 392 g/mol. The fourth-order valence-corrected chi connectivity index (χ4v) is 4.74.